The molecule has 2 atom stereocenters. The van der Waals surface area contributed by atoms with Gasteiger partial charge in [0.2, 0.25) is 0 Å². The molecule has 0 radical (unpaired) electrons. The monoisotopic (exact) mass is 236 g/mol. The van der Waals surface area contributed by atoms with Crippen LogP contribution in [0.4, 0.5) is 0 Å². The Hall–Kier alpha value is -0.160. The first-order valence-electron chi connectivity index (χ1n) is 5.77. The van der Waals surface area contributed by atoms with Crippen LogP contribution in [0.2, 0.25) is 0 Å². The third kappa shape index (κ3) is 19.4. The van der Waals surface area contributed by atoms with Gasteiger partial charge in [-0.15, -0.1) is 0 Å². The average molecular weight is 236 g/mol. The Balaban J connectivity index is 0. The topological polar surface area (TPSA) is 58.9 Å². The molecule has 4 nitrogen and oxygen atoms in total. The average Bonchev–Trinajstić information content (AvgIpc) is 2.13. The van der Waals surface area contributed by atoms with Gasteiger partial charge in [-0.1, -0.05) is 0 Å². The Morgan fingerprint density at radius 3 is 1.88 bits per heavy atom. The van der Waals surface area contributed by atoms with Gasteiger partial charge in [0.05, 0.1) is 31.0 Å². The van der Waals surface area contributed by atoms with E-state index in [1.807, 2.05) is 6.92 Å². The fraction of sp³-hybridized carbons (Fsp3) is 1.00. The summed E-state index contributed by atoms with van der Waals surface area (Å²) in [5, 5.41) is 17.1. The lowest BCUT2D eigenvalue weighted by Gasteiger charge is -2.17. The van der Waals surface area contributed by atoms with Gasteiger partial charge >= 0.3 is 0 Å². The van der Waals surface area contributed by atoms with Crippen LogP contribution in [0.5, 0.6) is 0 Å². The fourth-order valence-corrected chi connectivity index (χ4v) is 0.789. The zero-order chi connectivity index (χ0) is 13.2. The zero-order valence-corrected chi connectivity index (χ0v) is 11.5. The van der Waals surface area contributed by atoms with E-state index in [0.717, 1.165) is 6.61 Å². The van der Waals surface area contributed by atoms with Gasteiger partial charge < -0.3 is 19.7 Å². The number of aliphatic hydroxyl groups excluding tert-OH is 2. The van der Waals surface area contributed by atoms with Crippen molar-refractivity contribution in [2.45, 2.75) is 59.4 Å². The second-order valence-corrected chi connectivity index (χ2v) is 4.72. The number of hydrogen-bond acceptors (Lipinski definition) is 4. The smallest absolute Gasteiger partial charge is 0.0779 e. The van der Waals surface area contributed by atoms with Crippen molar-refractivity contribution in [3.63, 3.8) is 0 Å². The Morgan fingerprint density at radius 2 is 1.69 bits per heavy atom. The van der Waals surface area contributed by atoms with Crippen LogP contribution in [-0.4, -0.2) is 47.8 Å². The second-order valence-electron chi connectivity index (χ2n) is 4.72. The van der Waals surface area contributed by atoms with Crippen LogP contribution in [0, 0.1) is 0 Å². The molecule has 0 saturated heterocycles. The van der Waals surface area contributed by atoms with Crippen molar-refractivity contribution in [1.29, 1.82) is 0 Å². The first kappa shape index (κ1) is 18.2. The van der Waals surface area contributed by atoms with Gasteiger partial charge in [-0.3, -0.25) is 0 Å². The zero-order valence-electron chi connectivity index (χ0n) is 11.5. The van der Waals surface area contributed by atoms with Crippen molar-refractivity contribution < 1.29 is 19.7 Å². The van der Waals surface area contributed by atoms with E-state index in [9.17, 15) is 0 Å². The minimum atomic E-state index is -0.445. The molecule has 0 saturated carbocycles. The fourth-order valence-electron chi connectivity index (χ4n) is 0.789. The highest BCUT2D eigenvalue weighted by Crippen LogP contribution is 2.04. The van der Waals surface area contributed by atoms with E-state index in [4.69, 9.17) is 19.7 Å². The molecule has 0 aromatic carbocycles. The van der Waals surface area contributed by atoms with Crippen molar-refractivity contribution in [3.05, 3.63) is 0 Å². The molecule has 2 unspecified atom stereocenters. The predicted octanol–water partition coefficient (Wildman–Crippen LogP) is 1.59. The van der Waals surface area contributed by atoms with Crippen molar-refractivity contribution in [3.8, 4) is 0 Å². The van der Waals surface area contributed by atoms with Gasteiger partial charge in [-0.2, -0.15) is 0 Å². The minimum Gasteiger partial charge on any atom is -0.394 e. The lowest BCUT2D eigenvalue weighted by atomic mass is 10.2. The maximum atomic E-state index is 8.69. The molecule has 0 spiro atoms. The molecule has 0 rings (SSSR count). The van der Waals surface area contributed by atoms with Crippen molar-refractivity contribution in [2.24, 2.45) is 0 Å². The SMILES string of the molecule is CC(O)COC(C)CO.CCOC(C)(C)C. The highest BCUT2D eigenvalue weighted by molar-refractivity contribution is 4.56. The van der Waals surface area contributed by atoms with Gasteiger partial charge in [0.1, 0.15) is 0 Å². The standard InChI is InChI=1S/C6H14O3.C6H14O/c1-5(8)4-9-6(2)3-7;1-5-7-6(2,3)4/h5-8H,3-4H2,1-2H3;5H2,1-4H3. The number of ether oxygens (including phenoxy) is 2. The van der Waals surface area contributed by atoms with Gasteiger partial charge in [0.15, 0.2) is 0 Å². The molecule has 0 fully saturated rings. The molecule has 0 aliphatic rings. The number of aliphatic hydroxyl groups is 2. The molecule has 0 aliphatic carbocycles. The molecule has 0 aromatic heterocycles. The van der Waals surface area contributed by atoms with Crippen molar-refractivity contribution in [1.82, 2.24) is 0 Å². The van der Waals surface area contributed by atoms with Crippen LogP contribution in [0.3, 0.4) is 0 Å². The normalized spacial score (nSPS) is 15.0. The van der Waals surface area contributed by atoms with Crippen LogP contribution in [0.1, 0.15) is 41.5 Å². The highest BCUT2D eigenvalue weighted by Gasteiger charge is 2.06. The first-order chi connectivity index (χ1) is 7.22. The van der Waals surface area contributed by atoms with Crippen LogP contribution in [0.15, 0.2) is 0 Å². The largest absolute Gasteiger partial charge is 0.394 e. The molecule has 0 aliphatic heterocycles. The summed E-state index contributed by atoms with van der Waals surface area (Å²) in [5.41, 5.74) is 0.0503. The van der Waals surface area contributed by atoms with E-state index in [1.165, 1.54) is 0 Å². The van der Waals surface area contributed by atoms with E-state index in [1.54, 1.807) is 13.8 Å². The molecule has 0 aromatic rings. The van der Waals surface area contributed by atoms with Crippen LogP contribution in [0.25, 0.3) is 0 Å². The summed E-state index contributed by atoms with van der Waals surface area (Å²) in [6, 6.07) is 0. The van der Waals surface area contributed by atoms with Gasteiger partial charge in [-0.25, -0.2) is 0 Å². The summed E-state index contributed by atoms with van der Waals surface area (Å²) >= 11 is 0. The Labute approximate surface area is 99.6 Å². The van der Waals surface area contributed by atoms with Crippen molar-refractivity contribution >= 4 is 0 Å². The van der Waals surface area contributed by atoms with Crippen LogP contribution >= 0.6 is 0 Å². The predicted molar refractivity (Wildman–Crippen MR) is 65.6 cm³/mol. The second kappa shape index (κ2) is 10.0. The van der Waals surface area contributed by atoms with Gasteiger partial charge in [0, 0.05) is 6.61 Å². The van der Waals surface area contributed by atoms with E-state index < -0.39 is 6.10 Å². The molecule has 2 N–H and O–H groups in total. The van der Waals surface area contributed by atoms with E-state index in [2.05, 4.69) is 20.8 Å². The summed E-state index contributed by atoms with van der Waals surface area (Å²) in [6.45, 7) is 12.7. The Kier molecular flexibility index (Phi) is 11.4. The molecule has 0 amide bonds. The third-order valence-corrected chi connectivity index (χ3v) is 1.46. The summed E-state index contributed by atoms with van der Waals surface area (Å²) in [7, 11) is 0. The van der Waals surface area contributed by atoms with Gasteiger partial charge in [0.25, 0.3) is 0 Å². The molecule has 100 valence electrons. The maximum Gasteiger partial charge on any atom is 0.0779 e. The molecule has 0 bridgehead atoms. The van der Waals surface area contributed by atoms with E-state index in [-0.39, 0.29) is 18.3 Å². The quantitative estimate of drug-likeness (QED) is 0.761. The third-order valence-electron chi connectivity index (χ3n) is 1.46. The summed E-state index contributed by atoms with van der Waals surface area (Å²) in [4.78, 5) is 0. The van der Waals surface area contributed by atoms with Crippen LogP contribution < -0.4 is 0 Å². The lowest BCUT2D eigenvalue weighted by molar-refractivity contribution is -0.0177. The minimum absolute atomic E-state index is 0.00667. The van der Waals surface area contributed by atoms with Gasteiger partial charge in [-0.05, 0) is 41.5 Å². The molecule has 0 heterocycles. The summed E-state index contributed by atoms with van der Waals surface area (Å²) in [6.07, 6.45) is -0.612. The first-order valence-corrected chi connectivity index (χ1v) is 5.77. The van der Waals surface area contributed by atoms with E-state index >= 15 is 0 Å². The summed E-state index contributed by atoms with van der Waals surface area (Å²) in [5.74, 6) is 0. The Bertz CT molecular complexity index is 140. The summed E-state index contributed by atoms with van der Waals surface area (Å²) < 4.78 is 10.2. The highest BCUT2D eigenvalue weighted by atomic mass is 16.5. The molecular weight excluding hydrogens is 208 g/mol. The molecule has 16 heavy (non-hydrogen) atoms. The maximum absolute atomic E-state index is 8.69. The molecular formula is C12H28O4. The molecule has 4 heteroatoms. The lowest BCUT2D eigenvalue weighted by Crippen LogP contribution is -2.19. The van der Waals surface area contributed by atoms with Crippen molar-refractivity contribution in [2.75, 3.05) is 19.8 Å². The number of rotatable bonds is 5. The van der Waals surface area contributed by atoms with Crippen LogP contribution in [-0.2, 0) is 9.47 Å². The van der Waals surface area contributed by atoms with E-state index in [0.29, 0.717) is 6.61 Å². The Morgan fingerprint density at radius 1 is 1.19 bits per heavy atom. The number of hydrogen-bond donors (Lipinski definition) is 2.